The smallest absolute Gasteiger partial charge is 0.149 e. The van der Waals surface area contributed by atoms with E-state index in [-0.39, 0.29) is 0 Å². The predicted octanol–water partition coefficient (Wildman–Crippen LogP) is 2.61. The van der Waals surface area contributed by atoms with Gasteiger partial charge >= 0.3 is 0 Å². The molecule has 0 amide bonds. The number of nitriles is 1. The highest BCUT2D eigenvalue weighted by Gasteiger charge is 2.14. The molecule has 4 aromatic heterocycles. The van der Waals surface area contributed by atoms with Crippen LogP contribution in [-0.4, -0.2) is 13.8 Å². The molecule has 0 radical (unpaired) electrons. The zero-order valence-corrected chi connectivity index (χ0v) is 9.41. The minimum absolute atomic E-state index is 0.683. The van der Waals surface area contributed by atoms with Gasteiger partial charge in [-0.1, -0.05) is 6.07 Å². The molecule has 0 atom stereocenters. The molecule has 4 heteroatoms. The Hall–Kier alpha value is -2.80. The van der Waals surface area contributed by atoms with E-state index in [9.17, 15) is 5.26 Å². The van der Waals surface area contributed by atoms with Crippen molar-refractivity contribution in [2.75, 3.05) is 0 Å². The van der Waals surface area contributed by atoms with Crippen molar-refractivity contribution in [3.63, 3.8) is 0 Å². The molecule has 0 aromatic carbocycles. The predicted molar refractivity (Wildman–Crippen MR) is 68.4 cm³/mol. The number of fused-ring (bicyclic) bond motifs is 5. The fourth-order valence-electron chi connectivity index (χ4n) is 2.50. The van der Waals surface area contributed by atoms with Gasteiger partial charge in [-0.25, -0.2) is 4.98 Å². The van der Waals surface area contributed by atoms with E-state index in [4.69, 9.17) is 0 Å². The molecular weight excluding hydrogens is 224 g/mol. The van der Waals surface area contributed by atoms with Gasteiger partial charge in [0.1, 0.15) is 18.0 Å². The largest absolute Gasteiger partial charge is 0.307 e. The molecule has 0 aliphatic carbocycles. The molecular formula is C14H8N4. The van der Waals surface area contributed by atoms with E-state index < -0.39 is 0 Å². The summed E-state index contributed by atoms with van der Waals surface area (Å²) in [6.45, 7) is 0. The van der Waals surface area contributed by atoms with Crippen LogP contribution in [0.4, 0.5) is 0 Å². The van der Waals surface area contributed by atoms with E-state index in [1.165, 1.54) is 0 Å². The number of hydrogen-bond acceptors (Lipinski definition) is 2. The summed E-state index contributed by atoms with van der Waals surface area (Å²) in [7, 11) is 0. The van der Waals surface area contributed by atoms with Gasteiger partial charge in [0.15, 0.2) is 0 Å². The first-order valence-corrected chi connectivity index (χ1v) is 5.64. The maximum absolute atomic E-state index is 9.42. The molecule has 84 valence electrons. The minimum atomic E-state index is 0.683. The summed E-state index contributed by atoms with van der Waals surface area (Å²) >= 11 is 0. The van der Waals surface area contributed by atoms with Crippen LogP contribution < -0.4 is 0 Å². The van der Waals surface area contributed by atoms with Crippen molar-refractivity contribution < 1.29 is 0 Å². The van der Waals surface area contributed by atoms with Crippen molar-refractivity contribution in [2.24, 2.45) is 0 Å². The summed E-state index contributed by atoms with van der Waals surface area (Å²) in [4.78, 5) is 4.45. The lowest BCUT2D eigenvalue weighted by Crippen LogP contribution is -1.89. The summed E-state index contributed by atoms with van der Waals surface area (Å²) < 4.78 is 3.89. The Labute approximate surface area is 102 Å². The van der Waals surface area contributed by atoms with Crippen LogP contribution in [0.15, 0.2) is 49.1 Å². The molecule has 0 saturated heterocycles. The number of hydrogen-bond donors (Lipinski definition) is 0. The first-order valence-electron chi connectivity index (χ1n) is 5.64. The molecule has 4 aromatic rings. The lowest BCUT2D eigenvalue weighted by Gasteiger charge is -1.97. The molecule has 0 aliphatic rings. The van der Waals surface area contributed by atoms with Crippen molar-refractivity contribution in [3.8, 4) is 6.07 Å². The number of nitrogens with zero attached hydrogens (tertiary/aromatic N) is 4. The third-order valence-corrected chi connectivity index (χ3v) is 3.27. The van der Waals surface area contributed by atoms with Crippen LogP contribution in [0.3, 0.4) is 0 Å². The standard InChI is InChI=1S/C14H8N4/c15-8-10-11-4-1-2-7-18(11)14-13(10)12-5-3-6-17(12)9-16-14/h1-7,9H. The lowest BCUT2D eigenvalue weighted by atomic mass is 10.2. The van der Waals surface area contributed by atoms with Crippen LogP contribution in [-0.2, 0) is 0 Å². The molecule has 4 rings (SSSR count). The Morgan fingerprint density at radius 3 is 2.83 bits per heavy atom. The van der Waals surface area contributed by atoms with Crippen LogP contribution in [0, 0.1) is 11.3 Å². The van der Waals surface area contributed by atoms with Gasteiger partial charge in [0.2, 0.25) is 0 Å². The van der Waals surface area contributed by atoms with Gasteiger partial charge in [-0.05, 0) is 24.3 Å². The van der Waals surface area contributed by atoms with Crippen molar-refractivity contribution in [3.05, 3.63) is 54.6 Å². The average Bonchev–Trinajstić information content (AvgIpc) is 3.00. The average molecular weight is 232 g/mol. The van der Waals surface area contributed by atoms with E-state index in [2.05, 4.69) is 11.1 Å². The molecule has 4 nitrogen and oxygen atoms in total. The Morgan fingerprint density at radius 1 is 1.06 bits per heavy atom. The van der Waals surface area contributed by atoms with E-state index in [1.807, 2.05) is 51.5 Å². The molecule has 0 N–H and O–H groups in total. The first-order chi connectivity index (χ1) is 8.90. The van der Waals surface area contributed by atoms with Gasteiger partial charge in [0, 0.05) is 12.4 Å². The first kappa shape index (κ1) is 9.25. The van der Waals surface area contributed by atoms with E-state index in [0.717, 1.165) is 22.1 Å². The van der Waals surface area contributed by atoms with E-state index >= 15 is 0 Å². The minimum Gasteiger partial charge on any atom is -0.307 e. The van der Waals surface area contributed by atoms with Gasteiger partial charge in [-0.2, -0.15) is 5.26 Å². The number of pyridine rings is 1. The summed E-state index contributed by atoms with van der Waals surface area (Å²) in [5, 5.41) is 10.3. The van der Waals surface area contributed by atoms with Gasteiger partial charge in [-0.3, -0.25) is 4.40 Å². The quantitative estimate of drug-likeness (QED) is 0.468. The maximum atomic E-state index is 9.42. The van der Waals surface area contributed by atoms with Gasteiger partial charge in [0.05, 0.1) is 22.0 Å². The number of aromatic nitrogens is 3. The Balaban J connectivity index is 2.44. The highest BCUT2D eigenvalue weighted by molar-refractivity contribution is 6.02. The summed E-state index contributed by atoms with van der Waals surface area (Å²) in [6.07, 6.45) is 5.65. The molecule has 0 unspecified atom stereocenters. The second kappa shape index (κ2) is 3.11. The zero-order valence-electron chi connectivity index (χ0n) is 9.41. The second-order valence-electron chi connectivity index (χ2n) is 4.19. The topological polar surface area (TPSA) is 45.5 Å². The molecule has 18 heavy (non-hydrogen) atoms. The third kappa shape index (κ3) is 0.962. The lowest BCUT2D eigenvalue weighted by molar-refractivity contribution is 1.10. The van der Waals surface area contributed by atoms with Gasteiger partial charge in [-0.15, -0.1) is 0 Å². The van der Waals surface area contributed by atoms with Crippen LogP contribution in [0.5, 0.6) is 0 Å². The Morgan fingerprint density at radius 2 is 1.94 bits per heavy atom. The van der Waals surface area contributed by atoms with Gasteiger partial charge < -0.3 is 4.40 Å². The molecule has 4 heterocycles. The molecule has 0 fully saturated rings. The highest BCUT2D eigenvalue weighted by atomic mass is 15.0. The Bertz CT molecular complexity index is 937. The van der Waals surface area contributed by atoms with Crippen molar-refractivity contribution in [1.82, 2.24) is 13.8 Å². The van der Waals surface area contributed by atoms with E-state index in [0.29, 0.717) is 5.56 Å². The summed E-state index contributed by atoms with van der Waals surface area (Å²) in [6, 6.07) is 12.1. The molecule has 0 spiro atoms. The normalized spacial score (nSPS) is 11.3. The second-order valence-corrected chi connectivity index (χ2v) is 4.19. The van der Waals surface area contributed by atoms with Gasteiger partial charge in [0.25, 0.3) is 0 Å². The molecule has 0 aliphatic heterocycles. The molecule has 0 saturated carbocycles. The SMILES string of the molecule is N#Cc1c2c3cccn3cnc2n2ccccc12. The van der Waals surface area contributed by atoms with Crippen LogP contribution in [0.2, 0.25) is 0 Å². The third-order valence-electron chi connectivity index (χ3n) is 3.27. The maximum Gasteiger partial charge on any atom is 0.149 e. The molecule has 0 bridgehead atoms. The Kier molecular flexibility index (Phi) is 1.60. The van der Waals surface area contributed by atoms with Crippen LogP contribution in [0.25, 0.3) is 22.1 Å². The monoisotopic (exact) mass is 232 g/mol. The zero-order chi connectivity index (χ0) is 12.1. The number of rotatable bonds is 0. The van der Waals surface area contributed by atoms with Crippen LogP contribution >= 0.6 is 0 Å². The van der Waals surface area contributed by atoms with Crippen LogP contribution in [0.1, 0.15) is 5.56 Å². The summed E-state index contributed by atoms with van der Waals surface area (Å²) in [5.74, 6) is 0. The fourth-order valence-corrected chi connectivity index (χ4v) is 2.50. The van der Waals surface area contributed by atoms with Crippen molar-refractivity contribution in [2.45, 2.75) is 0 Å². The fraction of sp³-hybridized carbons (Fsp3) is 0. The van der Waals surface area contributed by atoms with Crippen molar-refractivity contribution in [1.29, 1.82) is 5.26 Å². The summed E-state index contributed by atoms with van der Waals surface area (Å²) in [5.41, 5.74) is 3.42. The van der Waals surface area contributed by atoms with E-state index in [1.54, 1.807) is 6.33 Å². The van der Waals surface area contributed by atoms with Crippen molar-refractivity contribution >= 4 is 22.1 Å². The highest BCUT2D eigenvalue weighted by Crippen LogP contribution is 2.28.